The van der Waals surface area contributed by atoms with Crippen LogP contribution < -0.4 is 4.57 Å². The molecule has 2 aliphatic heterocycles. The van der Waals surface area contributed by atoms with Gasteiger partial charge in [0.2, 0.25) is 11.9 Å². The number of benzene rings is 1. The fourth-order valence-electron chi connectivity index (χ4n) is 3.76. The van der Waals surface area contributed by atoms with Crippen LogP contribution in [0.3, 0.4) is 0 Å². The zero-order valence-electron chi connectivity index (χ0n) is 15.6. The third-order valence-electron chi connectivity index (χ3n) is 5.37. The van der Waals surface area contributed by atoms with Gasteiger partial charge < -0.3 is 0 Å². The summed E-state index contributed by atoms with van der Waals surface area (Å²) in [5.41, 5.74) is 4.44. The van der Waals surface area contributed by atoms with E-state index in [2.05, 4.69) is 29.7 Å². The lowest BCUT2D eigenvalue weighted by Gasteiger charge is -2.30. The van der Waals surface area contributed by atoms with E-state index in [1.807, 2.05) is 24.5 Å². The predicted molar refractivity (Wildman–Crippen MR) is 96.4 cm³/mol. The van der Waals surface area contributed by atoms with Gasteiger partial charge in [0.25, 0.3) is 5.91 Å². The number of amides is 3. The first-order chi connectivity index (χ1) is 12.3. The Morgan fingerprint density at radius 3 is 2.54 bits per heavy atom. The average molecular weight is 352 g/mol. The smallest absolute Gasteiger partial charge is 0.270 e. The number of hydrogen-bond acceptors (Lipinski definition) is 3. The predicted octanol–water partition coefficient (Wildman–Crippen LogP) is 1.86. The van der Waals surface area contributed by atoms with Crippen LogP contribution in [0.1, 0.15) is 28.6 Å². The van der Waals surface area contributed by atoms with Gasteiger partial charge in [0.05, 0.1) is 6.54 Å². The summed E-state index contributed by atoms with van der Waals surface area (Å²) in [5, 5.41) is 0. The van der Waals surface area contributed by atoms with Gasteiger partial charge >= 0.3 is 12.0 Å². The van der Waals surface area contributed by atoms with Crippen LogP contribution in [0, 0.1) is 20.8 Å². The monoisotopic (exact) mass is 352 g/mol. The second-order valence-electron chi connectivity index (χ2n) is 7.03. The number of likely N-dealkylation sites (N-methyl/N-ethyl adjacent to an activating group) is 2. The van der Waals surface area contributed by atoms with Crippen molar-refractivity contribution in [1.29, 1.82) is 0 Å². The van der Waals surface area contributed by atoms with E-state index in [0.717, 1.165) is 11.4 Å². The van der Waals surface area contributed by atoms with Crippen LogP contribution in [0.5, 0.6) is 0 Å². The first-order valence-electron chi connectivity index (χ1n) is 8.62. The maximum atomic E-state index is 12.8. The molecule has 7 heteroatoms. The second kappa shape index (κ2) is 5.52. The molecule has 2 aliphatic rings. The quantitative estimate of drug-likeness (QED) is 0.775. The maximum absolute atomic E-state index is 12.8. The van der Waals surface area contributed by atoms with Crippen molar-refractivity contribution in [2.45, 2.75) is 33.4 Å². The van der Waals surface area contributed by atoms with Crippen molar-refractivity contribution in [2.24, 2.45) is 4.99 Å². The third kappa shape index (κ3) is 2.13. The van der Waals surface area contributed by atoms with Crippen LogP contribution in [0.15, 0.2) is 29.3 Å². The molecule has 3 amide bonds. The molecule has 0 radical (unpaired) electrons. The Hall–Kier alpha value is -2.96. The van der Waals surface area contributed by atoms with Gasteiger partial charge in [-0.15, -0.1) is 0 Å². The molecular formula is C19H22N5O2+. The van der Waals surface area contributed by atoms with E-state index < -0.39 is 6.04 Å². The molecule has 134 valence electrons. The number of aromatic nitrogens is 2. The molecule has 0 bridgehead atoms. The molecule has 1 aromatic heterocycles. The molecule has 0 saturated carbocycles. The number of aryl methyl sites for hydroxylation is 1. The fourth-order valence-corrected chi connectivity index (χ4v) is 3.76. The summed E-state index contributed by atoms with van der Waals surface area (Å²) in [7, 11) is 3.18. The minimum Gasteiger partial charge on any atom is -0.270 e. The summed E-state index contributed by atoms with van der Waals surface area (Å²) in [5.74, 6) is 0.963. The van der Waals surface area contributed by atoms with E-state index in [9.17, 15) is 9.59 Å². The molecule has 2 aromatic rings. The van der Waals surface area contributed by atoms with E-state index in [1.54, 1.807) is 7.05 Å². The van der Waals surface area contributed by atoms with Crippen LogP contribution in [-0.4, -0.2) is 46.2 Å². The van der Waals surface area contributed by atoms with E-state index in [1.165, 1.54) is 28.0 Å². The summed E-state index contributed by atoms with van der Waals surface area (Å²) < 4.78 is 4.06. The molecular weight excluding hydrogens is 330 g/mol. The van der Waals surface area contributed by atoms with Crippen LogP contribution >= 0.6 is 0 Å². The summed E-state index contributed by atoms with van der Waals surface area (Å²) in [6.07, 6.45) is 0. The van der Waals surface area contributed by atoms with Gasteiger partial charge in [-0.25, -0.2) is 13.9 Å². The first-order valence-corrected chi connectivity index (χ1v) is 8.62. The lowest BCUT2D eigenvalue weighted by Crippen LogP contribution is -2.56. The highest BCUT2D eigenvalue weighted by Crippen LogP contribution is 2.34. The Morgan fingerprint density at radius 1 is 1.12 bits per heavy atom. The highest BCUT2D eigenvalue weighted by molar-refractivity contribution is 6.20. The second-order valence-corrected chi connectivity index (χ2v) is 7.03. The number of fused-ring (bicyclic) bond motifs is 3. The van der Waals surface area contributed by atoms with Crippen molar-refractivity contribution < 1.29 is 14.2 Å². The molecule has 1 fully saturated rings. The minimum absolute atomic E-state index is 0.244. The highest BCUT2D eigenvalue weighted by atomic mass is 16.2. The number of urea groups is 1. The van der Waals surface area contributed by atoms with E-state index in [4.69, 9.17) is 4.99 Å². The summed E-state index contributed by atoms with van der Waals surface area (Å²) in [6, 6.07) is 7.42. The lowest BCUT2D eigenvalue weighted by molar-refractivity contribution is -0.680. The van der Waals surface area contributed by atoms with Crippen molar-refractivity contribution in [3.63, 3.8) is 0 Å². The molecule has 26 heavy (non-hydrogen) atoms. The zero-order chi connectivity index (χ0) is 18.7. The Kier molecular flexibility index (Phi) is 3.50. The fraction of sp³-hybridized carbons (Fsp3) is 0.368. The molecule has 1 aromatic carbocycles. The van der Waals surface area contributed by atoms with Crippen molar-refractivity contribution in [3.05, 3.63) is 46.8 Å². The van der Waals surface area contributed by atoms with Gasteiger partial charge in [-0.3, -0.25) is 14.6 Å². The number of imidazole rings is 1. The molecule has 4 rings (SSSR count). The van der Waals surface area contributed by atoms with Gasteiger partial charge in [-0.05, 0) is 26.3 Å². The summed E-state index contributed by atoms with van der Waals surface area (Å²) in [4.78, 5) is 32.3. The Labute approximate surface area is 152 Å². The summed E-state index contributed by atoms with van der Waals surface area (Å²) >= 11 is 0. The standard InChI is InChI=1S/C19H22N5O2/c1-11-7-6-8-14(9-11)10-23-12(2)13(3)24-15-16(20-18(23)24)21(4)19(26)22(5)17(15)25/h6-9,15H,10H2,1-5H3/q+1. The molecule has 3 heterocycles. The highest BCUT2D eigenvalue weighted by Gasteiger charge is 2.53. The lowest BCUT2D eigenvalue weighted by atomic mass is 10.1. The zero-order valence-corrected chi connectivity index (χ0v) is 15.6. The Morgan fingerprint density at radius 2 is 1.85 bits per heavy atom. The van der Waals surface area contributed by atoms with Crippen molar-refractivity contribution in [1.82, 2.24) is 14.4 Å². The topological polar surface area (TPSA) is 61.8 Å². The number of hydrogen-bond donors (Lipinski definition) is 0. The number of nitrogens with zero attached hydrogens (tertiary/aromatic N) is 5. The van der Waals surface area contributed by atoms with Crippen LogP contribution in [0.25, 0.3) is 0 Å². The van der Waals surface area contributed by atoms with E-state index in [-0.39, 0.29) is 11.9 Å². The van der Waals surface area contributed by atoms with E-state index in [0.29, 0.717) is 18.3 Å². The third-order valence-corrected chi connectivity index (χ3v) is 5.37. The van der Waals surface area contributed by atoms with Crippen molar-refractivity contribution in [3.8, 4) is 0 Å². The number of carbonyl (C=O) groups is 2. The molecule has 1 unspecified atom stereocenters. The Bertz CT molecular complexity index is 988. The van der Waals surface area contributed by atoms with Gasteiger partial charge in [0, 0.05) is 14.1 Å². The molecule has 7 nitrogen and oxygen atoms in total. The van der Waals surface area contributed by atoms with Gasteiger partial charge in [0.15, 0.2) is 0 Å². The Balaban J connectivity index is 1.85. The number of rotatable bonds is 2. The number of aliphatic imine (C=N–C) groups is 1. The molecule has 0 aliphatic carbocycles. The first kappa shape index (κ1) is 16.5. The molecule has 0 spiro atoms. The number of carbonyl (C=O) groups excluding carboxylic acids is 2. The molecule has 1 atom stereocenters. The molecule has 0 N–H and O–H groups in total. The van der Waals surface area contributed by atoms with Gasteiger partial charge in [0.1, 0.15) is 11.4 Å². The number of imide groups is 1. The maximum Gasteiger partial charge on any atom is 0.402 e. The van der Waals surface area contributed by atoms with Crippen LogP contribution in [0.4, 0.5) is 10.7 Å². The van der Waals surface area contributed by atoms with Crippen molar-refractivity contribution in [2.75, 3.05) is 14.1 Å². The largest absolute Gasteiger partial charge is 0.402 e. The summed E-state index contributed by atoms with van der Waals surface area (Å²) in [6.45, 7) is 6.77. The van der Waals surface area contributed by atoms with Crippen LogP contribution in [-0.2, 0) is 11.3 Å². The van der Waals surface area contributed by atoms with Crippen LogP contribution in [0.2, 0.25) is 0 Å². The van der Waals surface area contributed by atoms with E-state index >= 15 is 0 Å². The minimum atomic E-state index is -0.574. The normalized spacial score (nSPS) is 19.0. The van der Waals surface area contributed by atoms with Crippen molar-refractivity contribution >= 4 is 23.7 Å². The number of amidine groups is 1. The SMILES string of the molecule is Cc1cccc(C[n+]2c(C)c(C)n3c2N=C2C3C(=O)N(C)C(=O)N2C)c1. The van der Waals surface area contributed by atoms with Gasteiger partial charge in [-0.1, -0.05) is 34.8 Å². The van der Waals surface area contributed by atoms with Gasteiger partial charge in [-0.2, -0.15) is 0 Å². The average Bonchev–Trinajstić information content (AvgIpc) is 3.10. The molecule has 1 saturated heterocycles.